The van der Waals surface area contributed by atoms with Crippen LogP contribution in [0.15, 0.2) is 22.8 Å². The van der Waals surface area contributed by atoms with Gasteiger partial charge in [-0.2, -0.15) is 0 Å². The van der Waals surface area contributed by atoms with Crippen molar-refractivity contribution in [2.24, 2.45) is 11.1 Å². The number of carbonyl (C=O) groups is 1. The lowest BCUT2D eigenvalue weighted by Crippen LogP contribution is -2.44. The molecule has 0 saturated heterocycles. The smallest absolute Gasteiger partial charge is 0.220 e. The molecule has 0 spiro atoms. The minimum absolute atomic E-state index is 0.0779. The molecule has 3 N–H and O–H groups in total. The Bertz CT molecular complexity index is 377. The lowest BCUT2D eigenvalue weighted by Gasteiger charge is -2.40. The summed E-state index contributed by atoms with van der Waals surface area (Å²) < 4.78 is 5.27. The molecule has 0 aliphatic heterocycles. The molecule has 0 bridgehead atoms. The maximum absolute atomic E-state index is 12.0. The van der Waals surface area contributed by atoms with Crippen LogP contribution in [0.5, 0.6) is 0 Å². The molecule has 1 unspecified atom stereocenters. The van der Waals surface area contributed by atoms with E-state index >= 15 is 0 Å². The molecule has 1 aliphatic carbocycles. The average molecular weight is 250 g/mol. The van der Waals surface area contributed by atoms with Crippen molar-refractivity contribution in [3.05, 3.63) is 24.2 Å². The van der Waals surface area contributed by atoms with Crippen LogP contribution >= 0.6 is 0 Å². The molecule has 1 aromatic heterocycles. The Hall–Kier alpha value is -1.29. The molecule has 1 fully saturated rings. The highest BCUT2D eigenvalue weighted by atomic mass is 16.3. The van der Waals surface area contributed by atoms with E-state index in [2.05, 4.69) is 5.32 Å². The molecule has 4 heteroatoms. The zero-order chi connectivity index (χ0) is 13.0. The standard InChI is InChI=1S/C14H22N2O2/c1-11(8-12-4-2-7-18-12)16-13(17)9-14(10-15)5-3-6-14/h2,4,7,11H,3,5-6,8-10,15H2,1H3,(H,16,17). The van der Waals surface area contributed by atoms with E-state index in [4.69, 9.17) is 10.2 Å². The minimum atomic E-state index is 0.0779. The van der Waals surface area contributed by atoms with Crippen LogP contribution in [-0.2, 0) is 11.2 Å². The predicted octanol–water partition coefficient (Wildman–Crippen LogP) is 1.85. The molecule has 0 aromatic carbocycles. The fraction of sp³-hybridized carbons (Fsp3) is 0.643. The zero-order valence-corrected chi connectivity index (χ0v) is 10.9. The van der Waals surface area contributed by atoms with Crippen molar-refractivity contribution in [2.75, 3.05) is 6.54 Å². The first-order valence-electron chi connectivity index (χ1n) is 6.65. The Morgan fingerprint density at radius 1 is 1.61 bits per heavy atom. The Labute approximate surface area is 108 Å². The summed E-state index contributed by atoms with van der Waals surface area (Å²) in [7, 11) is 0. The molecule has 1 heterocycles. The Morgan fingerprint density at radius 3 is 2.89 bits per heavy atom. The third-order valence-electron chi connectivity index (χ3n) is 3.88. The van der Waals surface area contributed by atoms with Crippen LogP contribution in [0.1, 0.15) is 38.4 Å². The summed E-state index contributed by atoms with van der Waals surface area (Å²) in [5.74, 6) is 1.01. The van der Waals surface area contributed by atoms with Crippen molar-refractivity contribution < 1.29 is 9.21 Å². The summed E-state index contributed by atoms with van der Waals surface area (Å²) in [4.78, 5) is 12.0. The predicted molar refractivity (Wildman–Crippen MR) is 70.0 cm³/mol. The fourth-order valence-electron chi connectivity index (χ4n) is 2.58. The van der Waals surface area contributed by atoms with Crippen LogP contribution in [0.4, 0.5) is 0 Å². The molecule has 1 saturated carbocycles. The van der Waals surface area contributed by atoms with Crippen molar-refractivity contribution in [1.82, 2.24) is 5.32 Å². The van der Waals surface area contributed by atoms with Crippen LogP contribution in [0, 0.1) is 5.41 Å². The zero-order valence-electron chi connectivity index (χ0n) is 10.9. The molecular weight excluding hydrogens is 228 g/mol. The second kappa shape index (κ2) is 5.57. The summed E-state index contributed by atoms with van der Waals surface area (Å²) in [5.41, 5.74) is 5.84. The lowest BCUT2D eigenvalue weighted by molar-refractivity contribution is -0.125. The summed E-state index contributed by atoms with van der Waals surface area (Å²) in [6.45, 7) is 2.61. The Balaban J connectivity index is 1.76. The number of hydrogen-bond donors (Lipinski definition) is 2. The van der Waals surface area contributed by atoms with Gasteiger partial charge < -0.3 is 15.5 Å². The van der Waals surface area contributed by atoms with Gasteiger partial charge in [0, 0.05) is 18.9 Å². The Morgan fingerprint density at radius 2 is 2.39 bits per heavy atom. The number of rotatable bonds is 6. The topological polar surface area (TPSA) is 68.3 Å². The number of hydrogen-bond acceptors (Lipinski definition) is 3. The Kier molecular flexibility index (Phi) is 4.07. The van der Waals surface area contributed by atoms with Crippen LogP contribution in [-0.4, -0.2) is 18.5 Å². The first-order valence-corrected chi connectivity index (χ1v) is 6.65. The van der Waals surface area contributed by atoms with Gasteiger partial charge in [0.2, 0.25) is 5.91 Å². The molecule has 1 amide bonds. The molecule has 100 valence electrons. The fourth-order valence-corrected chi connectivity index (χ4v) is 2.58. The van der Waals surface area contributed by atoms with Gasteiger partial charge in [0.25, 0.3) is 0 Å². The first kappa shape index (κ1) is 13.1. The van der Waals surface area contributed by atoms with Gasteiger partial charge in [0.05, 0.1) is 6.26 Å². The van der Waals surface area contributed by atoms with Crippen LogP contribution < -0.4 is 11.1 Å². The second-order valence-corrected chi connectivity index (χ2v) is 5.49. The average Bonchev–Trinajstić information content (AvgIpc) is 2.75. The van der Waals surface area contributed by atoms with Gasteiger partial charge in [0.1, 0.15) is 5.76 Å². The van der Waals surface area contributed by atoms with Crippen molar-refractivity contribution >= 4 is 5.91 Å². The van der Waals surface area contributed by atoms with Gasteiger partial charge in [-0.05, 0) is 43.9 Å². The van der Waals surface area contributed by atoms with Gasteiger partial charge in [-0.3, -0.25) is 4.79 Å². The van der Waals surface area contributed by atoms with E-state index in [9.17, 15) is 4.79 Å². The van der Waals surface area contributed by atoms with Crippen molar-refractivity contribution in [1.29, 1.82) is 0 Å². The number of nitrogens with two attached hydrogens (primary N) is 1. The third-order valence-corrected chi connectivity index (χ3v) is 3.88. The molecule has 1 aromatic rings. The maximum Gasteiger partial charge on any atom is 0.220 e. The highest BCUT2D eigenvalue weighted by Gasteiger charge is 2.37. The summed E-state index contributed by atoms with van der Waals surface area (Å²) in [5, 5.41) is 3.02. The SMILES string of the molecule is CC(Cc1ccco1)NC(=O)CC1(CN)CCC1. The van der Waals surface area contributed by atoms with E-state index in [1.165, 1.54) is 6.42 Å². The van der Waals surface area contributed by atoms with E-state index in [1.54, 1.807) is 6.26 Å². The number of carbonyl (C=O) groups excluding carboxylic acids is 1. The third kappa shape index (κ3) is 3.13. The molecular formula is C14H22N2O2. The van der Waals surface area contributed by atoms with E-state index < -0.39 is 0 Å². The first-order chi connectivity index (χ1) is 8.63. The minimum Gasteiger partial charge on any atom is -0.469 e. The highest BCUT2D eigenvalue weighted by Crippen LogP contribution is 2.42. The van der Waals surface area contributed by atoms with E-state index in [-0.39, 0.29) is 17.4 Å². The van der Waals surface area contributed by atoms with E-state index in [1.807, 2.05) is 19.1 Å². The molecule has 1 atom stereocenters. The molecule has 0 radical (unpaired) electrons. The number of nitrogens with one attached hydrogen (secondary N) is 1. The number of furan rings is 1. The monoisotopic (exact) mass is 250 g/mol. The summed E-state index contributed by atoms with van der Waals surface area (Å²) in [6, 6.07) is 3.89. The van der Waals surface area contributed by atoms with Gasteiger partial charge in [0.15, 0.2) is 0 Å². The van der Waals surface area contributed by atoms with Crippen LogP contribution in [0.2, 0.25) is 0 Å². The normalized spacial score (nSPS) is 19.0. The summed E-state index contributed by atoms with van der Waals surface area (Å²) in [6.07, 6.45) is 6.32. The molecule has 2 rings (SSSR count). The second-order valence-electron chi connectivity index (χ2n) is 5.49. The highest BCUT2D eigenvalue weighted by molar-refractivity contribution is 5.77. The maximum atomic E-state index is 12.0. The van der Waals surface area contributed by atoms with Crippen LogP contribution in [0.3, 0.4) is 0 Å². The molecule has 1 aliphatic rings. The lowest BCUT2D eigenvalue weighted by atomic mass is 9.66. The molecule has 18 heavy (non-hydrogen) atoms. The van der Waals surface area contributed by atoms with Gasteiger partial charge >= 0.3 is 0 Å². The van der Waals surface area contributed by atoms with Gasteiger partial charge in [-0.15, -0.1) is 0 Å². The number of amides is 1. The van der Waals surface area contributed by atoms with Gasteiger partial charge in [-0.1, -0.05) is 6.42 Å². The quantitative estimate of drug-likeness (QED) is 0.809. The van der Waals surface area contributed by atoms with Crippen molar-refractivity contribution in [3.63, 3.8) is 0 Å². The largest absolute Gasteiger partial charge is 0.469 e. The van der Waals surface area contributed by atoms with Gasteiger partial charge in [-0.25, -0.2) is 0 Å². The molecule has 4 nitrogen and oxygen atoms in total. The van der Waals surface area contributed by atoms with Crippen LogP contribution in [0.25, 0.3) is 0 Å². The van der Waals surface area contributed by atoms with E-state index in [0.29, 0.717) is 13.0 Å². The van der Waals surface area contributed by atoms with Crippen molar-refractivity contribution in [3.8, 4) is 0 Å². The van der Waals surface area contributed by atoms with E-state index in [0.717, 1.165) is 25.0 Å². The summed E-state index contributed by atoms with van der Waals surface area (Å²) >= 11 is 0. The van der Waals surface area contributed by atoms with Crippen molar-refractivity contribution in [2.45, 2.75) is 45.1 Å².